The van der Waals surface area contributed by atoms with Crippen molar-refractivity contribution in [3.8, 4) is 0 Å². The van der Waals surface area contributed by atoms with Crippen LogP contribution in [0.15, 0.2) is 29.1 Å². The number of aromatic nitrogens is 1. The molecule has 1 aromatic carbocycles. The van der Waals surface area contributed by atoms with E-state index in [2.05, 4.69) is 10.3 Å². The van der Waals surface area contributed by atoms with Crippen LogP contribution < -0.4 is 16.6 Å². The van der Waals surface area contributed by atoms with Crippen LogP contribution >= 0.6 is 11.3 Å². The molecule has 0 radical (unpaired) electrons. The molecule has 0 spiro atoms. The number of anilines is 2. The summed E-state index contributed by atoms with van der Waals surface area (Å²) in [4.78, 5) is 27.0. The Balaban J connectivity index is 2.03. The van der Waals surface area contributed by atoms with Gasteiger partial charge in [0.2, 0.25) is 5.56 Å². The molecule has 0 saturated heterocycles. The number of halogens is 2. The van der Waals surface area contributed by atoms with Gasteiger partial charge in [0.1, 0.15) is 21.3 Å². The molecule has 0 unspecified atom stereocenters. The maximum absolute atomic E-state index is 13.6. The third kappa shape index (κ3) is 2.68. The van der Waals surface area contributed by atoms with E-state index in [1.807, 2.05) is 0 Å². The Kier molecular flexibility index (Phi) is 3.61. The molecule has 23 heavy (non-hydrogen) atoms. The van der Waals surface area contributed by atoms with E-state index in [1.165, 1.54) is 6.07 Å². The van der Waals surface area contributed by atoms with Crippen molar-refractivity contribution in [2.45, 2.75) is 6.92 Å². The highest BCUT2D eigenvalue weighted by Gasteiger charge is 2.19. The van der Waals surface area contributed by atoms with Gasteiger partial charge in [0.25, 0.3) is 5.91 Å². The van der Waals surface area contributed by atoms with Crippen molar-refractivity contribution < 1.29 is 13.6 Å². The summed E-state index contributed by atoms with van der Waals surface area (Å²) in [7, 11) is 0. The van der Waals surface area contributed by atoms with Gasteiger partial charge in [-0.2, -0.15) is 0 Å². The lowest BCUT2D eigenvalue weighted by molar-refractivity contribution is 0.103. The molecule has 0 atom stereocenters. The highest BCUT2D eigenvalue weighted by Crippen LogP contribution is 2.34. The molecule has 2 aromatic heterocycles. The molecule has 3 aromatic rings. The number of H-pyrrole nitrogens is 1. The molecule has 0 saturated carbocycles. The van der Waals surface area contributed by atoms with E-state index >= 15 is 0 Å². The number of nitrogen functional groups attached to an aromatic ring is 1. The lowest BCUT2D eigenvalue weighted by atomic mass is 10.1. The van der Waals surface area contributed by atoms with Crippen molar-refractivity contribution in [3.63, 3.8) is 0 Å². The quantitative estimate of drug-likeness (QED) is 0.673. The number of fused-ring (bicyclic) bond motifs is 1. The van der Waals surface area contributed by atoms with Gasteiger partial charge in [-0.3, -0.25) is 9.59 Å². The van der Waals surface area contributed by atoms with Gasteiger partial charge in [0.15, 0.2) is 0 Å². The van der Waals surface area contributed by atoms with Crippen molar-refractivity contribution in [1.82, 2.24) is 4.98 Å². The van der Waals surface area contributed by atoms with Gasteiger partial charge in [-0.15, -0.1) is 11.3 Å². The largest absolute Gasteiger partial charge is 0.397 e. The molecule has 0 aliphatic rings. The Labute approximate surface area is 132 Å². The number of hydrogen-bond donors (Lipinski definition) is 3. The molecule has 1 amide bonds. The van der Waals surface area contributed by atoms with E-state index in [0.29, 0.717) is 21.8 Å². The molecule has 118 valence electrons. The predicted octanol–water partition coefficient (Wildman–Crippen LogP) is 3.01. The zero-order chi connectivity index (χ0) is 16.7. The number of aryl methyl sites for hydroxylation is 1. The first kappa shape index (κ1) is 15.2. The second-order valence-electron chi connectivity index (χ2n) is 4.94. The summed E-state index contributed by atoms with van der Waals surface area (Å²) in [6.07, 6.45) is 0. The number of hydrogen-bond acceptors (Lipinski definition) is 4. The Bertz CT molecular complexity index is 994. The van der Waals surface area contributed by atoms with Crippen molar-refractivity contribution in [2.75, 3.05) is 11.1 Å². The third-order valence-corrected chi connectivity index (χ3v) is 4.43. The minimum absolute atomic E-state index is 0.147. The standard InChI is InChI=1S/C15H11F2N3O2S/c1-6-4-10(21)20-15-11(6)12(18)13(23-15)14(22)19-9-3-2-7(16)5-8(9)17/h2-5H,18H2,1H3,(H,19,22)(H,20,21). The molecule has 0 aliphatic carbocycles. The summed E-state index contributed by atoms with van der Waals surface area (Å²) < 4.78 is 26.5. The average molecular weight is 335 g/mol. The second kappa shape index (κ2) is 5.47. The monoisotopic (exact) mass is 335 g/mol. The maximum Gasteiger partial charge on any atom is 0.268 e. The van der Waals surface area contributed by atoms with E-state index in [4.69, 9.17) is 5.73 Å². The number of benzene rings is 1. The van der Waals surface area contributed by atoms with Gasteiger partial charge in [-0.25, -0.2) is 8.78 Å². The fourth-order valence-corrected chi connectivity index (χ4v) is 3.36. The third-order valence-electron chi connectivity index (χ3n) is 3.31. The predicted molar refractivity (Wildman–Crippen MR) is 85.9 cm³/mol. The van der Waals surface area contributed by atoms with Crippen molar-refractivity contribution in [3.05, 3.63) is 56.7 Å². The first-order chi connectivity index (χ1) is 10.9. The minimum Gasteiger partial charge on any atom is -0.397 e. The fourth-order valence-electron chi connectivity index (χ4n) is 2.28. The normalized spacial score (nSPS) is 10.9. The Morgan fingerprint density at radius 2 is 2.04 bits per heavy atom. The summed E-state index contributed by atoms with van der Waals surface area (Å²) in [6, 6.07) is 4.21. The van der Waals surface area contributed by atoms with Gasteiger partial charge >= 0.3 is 0 Å². The smallest absolute Gasteiger partial charge is 0.268 e. The molecular weight excluding hydrogens is 324 g/mol. The number of pyridine rings is 1. The van der Waals surface area contributed by atoms with Crippen LogP contribution in [0.1, 0.15) is 15.2 Å². The topological polar surface area (TPSA) is 88.0 Å². The number of carbonyl (C=O) groups excluding carboxylic acids is 1. The fraction of sp³-hybridized carbons (Fsp3) is 0.0667. The van der Waals surface area contributed by atoms with Crippen molar-refractivity contribution in [2.24, 2.45) is 0 Å². The van der Waals surface area contributed by atoms with Crippen molar-refractivity contribution >= 4 is 38.8 Å². The highest BCUT2D eigenvalue weighted by molar-refractivity contribution is 7.21. The van der Waals surface area contributed by atoms with E-state index < -0.39 is 17.5 Å². The maximum atomic E-state index is 13.6. The number of carbonyl (C=O) groups is 1. The number of amides is 1. The highest BCUT2D eigenvalue weighted by atomic mass is 32.1. The van der Waals surface area contributed by atoms with Crippen LogP contribution in [0.2, 0.25) is 0 Å². The van der Waals surface area contributed by atoms with E-state index in [1.54, 1.807) is 6.92 Å². The van der Waals surface area contributed by atoms with Gasteiger partial charge in [-0.05, 0) is 24.6 Å². The van der Waals surface area contributed by atoms with Gasteiger partial charge in [-0.1, -0.05) is 0 Å². The summed E-state index contributed by atoms with van der Waals surface area (Å²) in [5.41, 5.74) is 6.38. The molecule has 8 heteroatoms. The summed E-state index contributed by atoms with van der Waals surface area (Å²) in [6.45, 7) is 1.71. The van der Waals surface area contributed by atoms with Crippen LogP contribution in [0.4, 0.5) is 20.2 Å². The number of nitrogens with one attached hydrogen (secondary N) is 2. The molecular formula is C15H11F2N3O2S. The number of nitrogens with two attached hydrogens (primary N) is 1. The van der Waals surface area contributed by atoms with E-state index in [-0.39, 0.29) is 21.8 Å². The molecule has 4 N–H and O–H groups in total. The lowest BCUT2D eigenvalue weighted by Gasteiger charge is -2.05. The van der Waals surface area contributed by atoms with Crippen LogP contribution in [0.5, 0.6) is 0 Å². The number of aromatic amines is 1. The van der Waals surface area contributed by atoms with E-state index in [0.717, 1.165) is 23.5 Å². The molecule has 3 rings (SSSR count). The zero-order valence-corrected chi connectivity index (χ0v) is 12.7. The van der Waals surface area contributed by atoms with Crippen LogP contribution in [-0.4, -0.2) is 10.9 Å². The van der Waals surface area contributed by atoms with Crippen LogP contribution in [-0.2, 0) is 0 Å². The SMILES string of the molecule is Cc1cc(=O)[nH]c2sc(C(=O)Nc3ccc(F)cc3F)c(N)c12. The summed E-state index contributed by atoms with van der Waals surface area (Å²) in [5.74, 6) is -2.26. The molecule has 0 bridgehead atoms. The van der Waals surface area contributed by atoms with Crippen LogP contribution in [0.3, 0.4) is 0 Å². The first-order valence-corrected chi connectivity index (χ1v) is 7.37. The summed E-state index contributed by atoms with van der Waals surface area (Å²) >= 11 is 0.999. The second-order valence-corrected chi connectivity index (χ2v) is 5.96. The number of thiophene rings is 1. The average Bonchev–Trinajstić information content (AvgIpc) is 2.79. The first-order valence-electron chi connectivity index (χ1n) is 6.55. The Morgan fingerprint density at radius 1 is 1.30 bits per heavy atom. The van der Waals surface area contributed by atoms with Gasteiger partial charge in [0.05, 0.1) is 11.4 Å². The minimum atomic E-state index is -0.886. The zero-order valence-electron chi connectivity index (χ0n) is 11.9. The summed E-state index contributed by atoms with van der Waals surface area (Å²) in [5, 5.41) is 2.93. The van der Waals surface area contributed by atoms with Crippen LogP contribution in [0.25, 0.3) is 10.2 Å². The molecule has 0 fully saturated rings. The van der Waals surface area contributed by atoms with Crippen LogP contribution in [0, 0.1) is 18.6 Å². The Hall–Kier alpha value is -2.74. The van der Waals surface area contributed by atoms with Gasteiger partial charge < -0.3 is 16.0 Å². The molecule has 2 heterocycles. The lowest BCUT2D eigenvalue weighted by Crippen LogP contribution is -2.13. The molecule has 0 aliphatic heterocycles. The Morgan fingerprint density at radius 3 is 2.74 bits per heavy atom. The van der Waals surface area contributed by atoms with E-state index in [9.17, 15) is 18.4 Å². The van der Waals surface area contributed by atoms with Crippen molar-refractivity contribution in [1.29, 1.82) is 0 Å². The van der Waals surface area contributed by atoms with Gasteiger partial charge in [0, 0.05) is 17.5 Å². The number of rotatable bonds is 2. The molecule has 5 nitrogen and oxygen atoms in total.